The van der Waals surface area contributed by atoms with Gasteiger partial charge in [-0.15, -0.1) is 0 Å². The van der Waals surface area contributed by atoms with Crippen molar-refractivity contribution in [2.75, 3.05) is 31.6 Å². The first-order valence-corrected chi connectivity index (χ1v) is 6.33. The van der Waals surface area contributed by atoms with Crippen LogP contribution in [0.25, 0.3) is 0 Å². The van der Waals surface area contributed by atoms with Gasteiger partial charge < -0.3 is 10.2 Å². The van der Waals surface area contributed by atoms with Crippen molar-refractivity contribution in [1.82, 2.24) is 5.32 Å². The molecule has 1 N–H and O–H groups in total. The molecule has 1 heterocycles. The van der Waals surface area contributed by atoms with Crippen LogP contribution in [-0.2, 0) is 0 Å². The summed E-state index contributed by atoms with van der Waals surface area (Å²) in [7, 11) is 1.92. The Morgan fingerprint density at radius 1 is 1.61 bits per heavy atom. The predicted octanol–water partition coefficient (Wildman–Crippen LogP) is 2.29. The van der Waals surface area contributed by atoms with Crippen LogP contribution >= 0.6 is 11.6 Å². The molecule has 98 valence electrons. The van der Waals surface area contributed by atoms with Crippen molar-refractivity contribution >= 4 is 23.0 Å². The van der Waals surface area contributed by atoms with E-state index in [1.807, 2.05) is 11.9 Å². The van der Waals surface area contributed by atoms with E-state index in [4.69, 9.17) is 11.6 Å². The normalized spacial score (nSPS) is 19.2. The van der Waals surface area contributed by atoms with Crippen molar-refractivity contribution in [2.24, 2.45) is 5.92 Å². The maximum absolute atomic E-state index is 11.0. The molecular formula is C12H16ClN3O2. The van der Waals surface area contributed by atoms with Crippen LogP contribution in [0.1, 0.15) is 6.42 Å². The summed E-state index contributed by atoms with van der Waals surface area (Å²) in [6.45, 7) is 2.55. The second kappa shape index (κ2) is 5.54. The van der Waals surface area contributed by atoms with Gasteiger partial charge in [-0.05, 0) is 32.0 Å². The maximum atomic E-state index is 11.0. The van der Waals surface area contributed by atoms with E-state index in [2.05, 4.69) is 5.32 Å². The summed E-state index contributed by atoms with van der Waals surface area (Å²) >= 11 is 6.12. The molecule has 2 rings (SSSR count). The first kappa shape index (κ1) is 13.1. The number of benzene rings is 1. The fourth-order valence-corrected chi connectivity index (χ4v) is 2.74. The number of nitrogens with one attached hydrogen (secondary N) is 1. The molecule has 1 saturated heterocycles. The Labute approximate surface area is 111 Å². The highest BCUT2D eigenvalue weighted by molar-refractivity contribution is 6.33. The average molecular weight is 270 g/mol. The molecule has 0 radical (unpaired) electrons. The summed E-state index contributed by atoms with van der Waals surface area (Å²) in [4.78, 5) is 12.7. The molecule has 5 nitrogen and oxygen atoms in total. The molecule has 1 unspecified atom stereocenters. The molecule has 1 atom stereocenters. The van der Waals surface area contributed by atoms with Crippen LogP contribution < -0.4 is 10.2 Å². The topological polar surface area (TPSA) is 58.4 Å². The third-order valence-corrected chi connectivity index (χ3v) is 3.56. The molecule has 0 aliphatic carbocycles. The fraction of sp³-hybridized carbons (Fsp3) is 0.500. The van der Waals surface area contributed by atoms with Gasteiger partial charge in [-0.2, -0.15) is 0 Å². The lowest BCUT2D eigenvalue weighted by molar-refractivity contribution is -0.384. The predicted molar refractivity (Wildman–Crippen MR) is 72.4 cm³/mol. The molecule has 0 bridgehead atoms. The Morgan fingerprint density at radius 2 is 2.39 bits per heavy atom. The second-order valence-electron chi connectivity index (χ2n) is 4.52. The lowest BCUT2D eigenvalue weighted by Crippen LogP contribution is -2.25. The van der Waals surface area contributed by atoms with Gasteiger partial charge in [0.25, 0.3) is 5.69 Å². The van der Waals surface area contributed by atoms with Crippen molar-refractivity contribution in [3.8, 4) is 0 Å². The second-order valence-corrected chi connectivity index (χ2v) is 4.93. The van der Waals surface area contributed by atoms with Gasteiger partial charge in [0.1, 0.15) is 5.69 Å². The van der Waals surface area contributed by atoms with Crippen LogP contribution in [0.15, 0.2) is 18.2 Å². The monoisotopic (exact) mass is 269 g/mol. The van der Waals surface area contributed by atoms with Crippen molar-refractivity contribution in [3.63, 3.8) is 0 Å². The number of nitro groups is 1. The molecule has 0 spiro atoms. The smallest absolute Gasteiger partial charge is 0.294 e. The van der Waals surface area contributed by atoms with E-state index >= 15 is 0 Å². The Kier molecular flexibility index (Phi) is 4.04. The minimum absolute atomic E-state index is 0.0904. The zero-order chi connectivity index (χ0) is 13.1. The van der Waals surface area contributed by atoms with Crippen LogP contribution in [-0.4, -0.2) is 31.6 Å². The Bertz CT molecular complexity index is 453. The van der Waals surface area contributed by atoms with Crippen LogP contribution in [0.2, 0.25) is 5.02 Å². The standard InChI is InChI=1S/C12H16ClN3O2/c1-14-7-9-5-6-15(8-9)12-10(13)3-2-4-11(12)16(17)18/h2-4,9,14H,5-8H2,1H3. The first-order valence-electron chi connectivity index (χ1n) is 5.96. The molecule has 1 aromatic carbocycles. The zero-order valence-corrected chi connectivity index (χ0v) is 11.0. The first-order chi connectivity index (χ1) is 8.63. The molecule has 1 aromatic rings. The third kappa shape index (κ3) is 2.57. The van der Waals surface area contributed by atoms with E-state index in [-0.39, 0.29) is 10.6 Å². The maximum Gasteiger partial charge on any atom is 0.294 e. The van der Waals surface area contributed by atoms with Crippen LogP contribution in [0.3, 0.4) is 0 Å². The summed E-state index contributed by atoms with van der Waals surface area (Å²) < 4.78 is 0. The molecule has 0 saturated carbocycles. The minimum atomic E-state index is -0.368. The quantitative estimate of drug-likeness (QED) is 0.673. The zero-order valence-electron chi connectivity index (χ0n) is 10.2. The van der Waals surface area contributed by atoms with Gasteiger partial charge in [-0.25, -0.2) is 0 Å². The highest BCUT2D eigenvalue weighted by Gasteiger charge is 2.28. The number of para-hydroxylation sites is 1. The highest BCUT2D eigenvalue weighted by Crippen LogP contribution is 2.37. The largest absolute Gasteiger partial charge is 0.364 e. The lowest BCUT2D eigenvalue weighted by atomic mass is 10.1. The number of nitrogens with zero attached hydrogens (tertiary/aromatic N) is 2. The van der Waals surface area contributed by atoms with Crippen LogP contribution in [0, 0.1) is 16.0 Å². The summed E-state index contributed by atoms with van der Waals surface area (Å²) in [6.07, 6.45) is 1.03. The van der Waals surface area contributed by atoms with E-state index < -0.39 is 0 Å². The van der Waals surface area contributed by atoms with Crippen LogP contribution in [0.5, 0.6) is 0 Å². The summed E-state index contributed by atoms with van der Waals surface area (Å²) in [5.41, 5.74) is 0.648. The summed E-state index contributed by atoms with van der Waals surface area (Å²) in [5, 5.41) is 14.6. The van der Waals surface area contributed by atoms with E-state index in [0.717, 1.165) is 26.1 Å². The number of rotatable bonds is 4. The molecule has 0 amide bonds. The van der Waals surface area contributed by atoms with Gasteiger partial charge >= 0.3 is 0 Å². The number of anilines is 1. The fourth-order valence-electron chi connectivity index (χ4n) is 2.46. The Morgan fingerprint density at radius 3 is 3.06 bits per heavy atom. The van der Waals surface area contributed by atoms with Gasteiger partial charge in [0.05, 0.1) is 9.95 Å². The highest BCUT2D eigenvalue weighted by atomic mass is 35.5. The SMILES string of the molecule is CNCC1CCN(c2c(Cl)cccc2[N+](=O)[O-])C1. The molecular weight excluding hydrogens is 254 g/mol. The summed E-state index contributed by atoms with van der Waals surface area (Å²) in [5.74, 6) is 0.519. The number of nitro benzene ring substituents is 1. The van der Waals surface area contributed by atoms with E-state index in [1.165, 1.54) is 6.07 Å². The van der Waals surface area contributed by atoms with Crippen molar-refractivity contribution < 1.29 is 4.92 Å². The molecule has 6 heteroatoms. The average Bonchev–Trinajstić information content (AvgIpc) is 2.77. The van der Waals surface area contributed by atoms with E-state index in [1.54, 1.807) is 12.1 Å². The number of hydrogen-bond acceptors (Lipinski definition) is 4. The summed E-state index contributed by atoms with van der Waals surface area (Å²) in [6, 6.07) is 4.83. The van der Waals surface area contributed by atoms with E-state index in [0.29, 0.717) is 16.6 Å². The third-order valence-electron chi connectivity index (χ3n) is 3.26. The Hall–Kier alpha value is -1.33. The number of hydrogen-bond donors (Lipinski definition) is 1. The van der Waals surface area contributed by atoms with Gasteiger partial charge in [0.15, 0.2) is 0 Å². The lowest BCUT2D eigenvalue weighted by Gasteiger charge is -2.19. The molecule has 1 aliphatic heterocycles. The number of halogens is 1. The molecule has 1 fully saturated rings. The van der Waals surface area contributed by atoms with Gasteiger partial charge in [-0.1, -0.05) is 17.7 Å². The molecule has 0 aromatic heterocycles. The van der Waals surface area contributed by atoms with Gasteiger partial charge in [0.2, 0.25) is 0 Å². The van der Waals surface area contributed by atoms with Crippen molar-refractivity contribution in [3.05, 3.63) is 33.3 Å². The molecule has 1 aliphatic rings. The Balaban J connectivity index is 2.26. The van der Waals surface area contributed by atoms with Crippen LogP contribution in [0.4, 0.5) is 11.4 Å². The van der Waals surface area contributed by atoms with Gasteiger partial charge in [-0.3, -0.25) is 10.1 Å². The molecule has 18 heavy (non-hydrogen) atoms. The van der Waals surface area contributed by atoms with Gasteiger partial charge in [0, 0.05) is 19.2 Å². The van der Waals surface area contributed by atoms with E-state index in [9.17, 15) is 10.1 Å². The minimum Gasteiger partial charge on any atom is -0.364 e. The van der Waals surface area contributed by atoms with Crippen molar-refractivity contribution in [1.29, 1.82) is 0 Å². The van der Waals surface area contributed by atoms with Crippen molar-refractivity contribution in [2.45, 2.75) is 6.42 Å².